The van der Waals surface area contributed by atoms with Gasteiger partial charge in [-0.05, 0) is 30.7 Å². The summed E-state index contributed by atoms with van der Waals surface area (Å²) in [6.07, 6.45) is 3.51. The molecule has 0 spiro atoms. The standard InChI is InChI=1S/C24H22FN7O5/c1-24(31-23(35)26-12-33,11-32-10-13-3-4-17(36-2)21(25)20(13)22(32)34)18-7-15-16(37-18)5-6-19(30-15)29-14-8-27-28-9-14/h3-9,12H,10-11H2,1-2H3,(H,27,28)(H,29,30)(H2,26,31,33,35)/t24-/m0/s1. The molecule has 5 rings (SSSR count). The van der Waals surface area contributed by atoms with Crippen molar-refractivity contribution in [3.63, 3.8) is 0 Å². The van der Waals surface area contributed by atoms with E-state index in [1.54, 1.807) is 43.6 Å². The molecule has 0 bridgehead atoms. The summed E-state index contributed by atoms with van der Waals surface area (Å²) in [6, 6.07) is 7.33. The van der Waals surface area contributed by atoms with E-state index in [9.17, 15) is 18.8 Å². The van der Waals surface area contributed by atoms with Crippen molar-refractivity contribution in [2.75, 3.05) is 19.0 Å². The molecular formula is C24H22FN7O5. The van der Waals surface area contributed by atoms with Crippen LogP contribution in [0.2, 0.25) is 0 Å². The van der Waals surface area contributed by atoms with Gasteiger partial charge in [-0.2, -0.15) is 5.10 Å². The lowest BCUT2D eigenvalue weighted by Crippen LogP contribution is -2.53. The molecule has 1 aliphatic rings. The number of anilines is 2. The first-order valence-corrected chi connectivity index (χ1v) is 11.1. The fourth-order valence-corrected chi connectivity index (χ4v) is 4.31. The number of hydrogen-bond acceptors (Lipinski definition) is 8. The second-order valence-electron chi connectivity index (χ2n) is 8.63. The van der Waals surface area contributed by atoms with Crippen molar-refractivity contribution >= 4 is 41.0 Å². The second kappa shape index (κ2) is 9.26. The Morgan fingerprint density at radius 1 is 1.35 bits per heavy atom. The van der Waals surface area contributed by atoms with E-state index in [0.29, 0.717) is 28.2 Å². The minimum absolute atomic E-state index is 0.0385. The number of halogens is 1. The summed E-state index contributed by atoms with van der Waals surface area (Å²) in [7, 11) is 1.32. The van der Waals surface area contributed by atoms with Crippen LogP contribution in [-0.4, -0.2) is 52.1 Å². The fraction of sp³-hybridized carbons (Fsp3) is 0.208. The van der Waals surface area contributed by atoms with E-state index in [0.717, 1.165) is 0 Å². The normalized spacial score (nSPS) is 14.2. The van der Waals surface area contributed by atoms with Crippen molar-refractivity contribution in [2.24, 2.45) is 0 Å². The molecule has 12 nitrogen and oxygen atoms in total. The van der Waals surface area contributed by atoms with Crippen LogP contribution in [0, 0.1) is 5.82 Å². The summed E-state index contributed by atoms with van der Waals surface area (Å²) in [4.78, 5) is 42.3. The molecule has 4 amide bonds. The first kappa shape index (κ1) is 23.8. The van der Waals surface area contributed by atoms with Crippen LogP contribution in [0.5, 0.6) is 5.75 Å². The van der Waals surface area contributed by atoms with Crippen molar-refractivity contribution in [3.05, 3.63) is 65.4 Å². The molecule has 190 valence electrons. The zero-order valence-electron chi connectivity index (χ0n) is 19.8. The summed E-state index contributed by atoms with van der Waals surface area (Å²) in [5.41, 5.74) is 0.722. The number of imide groups is 1. The van der Waals surface area contributed by atoms with E-state index in [1.165, 1.54) is 18.1 Å². The van der Waals surface area contributed by atoms with Crippen LogP contribution in [0.4, 0.5) is 20.7 Å². The van der Waals surface area contributed by atoms with Crippen molar-refractivity contribution in [1.29, 1.82) is 0 Å². The van der Waals surface area contributed by atoms with Gasteiger partial charge in [-0.1, -0.05) is 6.07 Å². The Kier molecular flexibility index (Phi) is 5.95. The maximum Gasteiger partial charge on any atom is 0.322 e. The van der Waals surface area contributed by atoms with Crippen LogP contribution in [-0.2, 0) is 16.9 Å². The van der Waals surface area contributed by atoms with E-state index in [4.69, 9.17) is 9.15 Å². The highest BCUT2D eigenvalue weighted by Crippen LogP contribution is 2.35. The fourth-order valence-electron chi connectivity index (χ4n) is 4.31. The van der Waals surface area contributed by atoms with Crippen molar-refractivity contribution in [2.45, 2.75) is 19.0 Å². The molecule has 1 aromatic carbocycles. The zero-order chi connectivity index (χ0) is 26.2. The number of aromatic nitrogens is 3. The predicted octanol–water partition coefficient (Wildman–Crippen LogP) is 2.77. The molecule has 4 N–H and O–H groups in total. The number of furan rings is 1. The number of nitrogens with zero attached hydrogens (tertiary/aromatic N) is 3. The Balaban J connectivity index is 1.47. The number of H-pyrrole nitrogens is 1. The van der Waals surface area contributed by atoms with Gasteiger partial charge in [0.15, 0.2) is 17.1 Å². The molecule has 1 aliphatic heterocycles. The minimum atomic E-state index is -1.32. The number of carbonyl (C=O) groups is 3. The highest BCUT2D eigenvalue weighted by molar-refractivity contribution is 5.99. The average Bonchev–Trinajstić information content (AvgIpc) is 3.59. The number of urea groups is 1. The number of methoxy groups -OCH3 is 1. The molecule has 0 saturated carbocycles. The number of carbonyl (C=O) groups excluding carboxylic acids is 3. The van der Waals surface area contributed by atoms with Crippen molar-refractivity contribution in [3.8, 4) is 5.75 Å². The van der Waals surface area contributed by atoms with E-state index >= 15 is 0 Å². The highest BCUT2D eigenvalue weighted by atomic mass is 19.1. The molecular weight excluding hydrogens is 485 g/mol. The lowest BCUT2D eigenvalue weighted by Gasteiger charge is -2.32. The van der Waals surface area contributed by atoms with Gasteiger partial charge >= 0.3 is 6.03 Å². The van der Waals surface area contributed by atoms with Crippen LogP contribution in [0.25, 0.3) is 11.1 Å². The predicted molar refractivity (Wildman–Crippen MR) is 129 cm³/mol. The SMILES string of the molecule is COc1ccc2c(c1F)C(=O)N(C[C@](C)(NC(=O)NC=O)c1cc3nc(Nc4cn[nH]c4)ccc3o1)C2. The average molecular weight is 507 g/mol. The summed E-state index contributed by atoms with van der Waals surface area (Å²) in [5.74, 6) is -0.534. The quantitative estimate of drug-likeness (QED) is 0.266. The van der Waals surface area contributed by atoms with Gasteiger partial charge in [-0.3, -0.25) is 20.0 Å². The van der Waals surface area contributed by atoms with Gasteiger partial charge < -0.3 is 24.7 Å². The lowest BCUT2D eigenvalue weighted by atomic mass is 9.98. The van der Waals surface area contributed by atoms with Gasteiger partial charge in [0.25, 0.3) is 5.91 Å². The largest absolute Gasteiger partial charge is 0.494 e. The molecule has 3 aromatic heterocycles. The van der Waals surface area contributed by atoms with Crippen LogP contribution >= 0.6 is 0 Å². The van der Waals surface area contributed by atoms with Gasteiger partial charge in [-0.25, -0.2) is 14.2 Å². The molecule has 37 heavy (non-hydrogen) atoms. The number of rotatable bonds is 8. The first-order chi connectivity index (χ1) is 17.8. The van der Waals surface area contributed by atoms with Gasteiger partial charge in [-0.15, -0.1) is 0 Å². The number of hydrogen-bond donors (Lipinski definition) is 4. The number of ether oxygens (including phenoxy) is 1. The molecule has 4 heterocycles. The molecule has 1 atom stereocenters. The molecule has 0 unspecified atom stereocenters. The Labute approximate surface area is 209 Å². The molecule has 0 fully saturated rings. The van der Waals surface area contributed by atoms with Gasteiger partial charge in [0.05, 0.1) is 31.1 Å². The topological polar surface area (TPSA) is 154 Å². The van der Waals surface area contributed by atoms with E-state index in [2.05, 4.69) is 25.8 Å². The highest BCUT2D eigenvalue weighted by Gasteiger charge is 2.40. The number of fused-ring (bicyclic) bond motifs is 2. The van der Waals surface area contributed by atoms with Gasteiger partial charge in [0.2, 0.25) is 6.41 Å². The van der Waals surface area contributed by atoms with Gasteiger partial charge in [0.1, 0.15) is 22.6 Å². The van der Waals surface area contributed by atoms with Crippen LogP contribution < -0.4 is 20.7 Å². The first-order valence-electron chi connectivity index (χ1n) is 11.1. The number of pyridine rings is 1. The van der Waals surface area contributed by atoms with E-state index in [1.807, 2.05) is 5.32 Å². The number of amides is 4. The summed E-state index contributed by atoms with van der Waals surface area (Å²) < 4.78 is 25.9. The van der Waals surface area contributed by atoms with Crippen LogP contribution in [0.15, 0.2) is 47.1 Å². The Morgan fingerprint density at radius 3 is 2.92 bits per heavy atom. The Bertz CT molecular complexity index is 1500. The number of aromatic amines is 1. The van der Waals surface area contributed by atoms with Crippen molar-refractivity contribution in [1.82, 2.24) is 30.7 Å². The Hall–Kier alpha value is -4.94. The minimum Gasteiger partial charge on any atom is -0.494 e. The van der Waals surface area contributed by atoms with E-state index < -0.39 is 23.3 Å². The molecule has 0 saturated heterocycles. The van der Waals surface area contributed by atoms with Crippen molar-refractivity contribution < 1.29 is 27.9 Å². The second-order valence-corrected chi connectivity index (χ2v) is 8.63. The smallest absolute Gasteiger partial charge is 0.322 e. The third kappa shape index (κ3) is 4.42. The summed E-state index contributed by atoms with van der Waals surface area (Å²) >= 11 is 0. The van der Waals surface area contributed by atoms with Crippen LogP contribution in [0.3, 0.4) is 0 Å². The molecule has 13 heteroatoms. The number of benzene rings is 1. The maximum absolute atomic E-state index is 14.8. The molecule has 0 aliphatic carbocycles. The summed E-state index contributed by atoms with van der Waals surface area (Å²) in [5, 5.41) is 14.4. The Morgan fingerprint density at radius 2 is 2.19 bits per heavy atom. The summed E-state index contributed by atoms with van der Waals surface area (Å²) in [6.45, 7) is 1.65. The third-order valence-corrected chi connectivity index (χ3v) is 6.05. The third-order valence-electron chi connectivity index (χ3n) is 6.05. The molecule has 4 aromatic rings. The molecule has 0 radical (unpaired) electrons. The number of nitrogens with one attached hydrogen (secondary N) is 4. The van der Waals surface area contributed by atoms with Gasteiger partial charge in [0, 0.05) is 18.8 Å². The maximum atomic E-state index is 14.8. The monoisotopic (exact) mass is 507 g/mol. The lowest BCUT2D eigenvalue weighted by molar-refractivity contribution is -0.108. The zero-order valence-corrected chi connectivity index (χ0v) is 19.8. The van der Waals surface area contributed by atoms with Crippen LogP contribution in [0.1, 0.15) is 28.6 Å². The van der Waals surface area contributed by atoms with E-state index in [-0.39, 0.29) is 36.6 Å².